The van der Waals surface area contributed by atoms with Crippen LogP contribution in [0.2, 0.25) is 10.0 Å². The summed E-state index contributed by atoms with van der Waals surface area (Å²) in [6, 6.07) is 8.89. The number of sulfonamides is 1. The summed E-state index contributed by atoms with van der Waals surface area (Å²) in [4.78, 5) is 1.34. The summed E-state index contributed by atoms with van der Waals surface area (Å²) < 4.78 is 46.4. The van der Waals surface area contributed by atoms with Crippen molar-refractivity contribution in [3.63, 3.8) is 0 Å². The molecule has 6 nitrogen and oxygen atoms in total. The SMILES string of the molecule is N#CN1CC(NS(=O)(=O)c2cc(Cl)ccc2Cl)CC1COc1ccc(F)cc1. The van der Waals surface area contributed by atoms with Crippen LogP contribution in [0.5, 0.6) is 5.75 Å². The van der Waals surface area contributed by atoms with Crippen LogP contribution in [0.4, 0.5) is 4.39 Å². The largest absolute Gasteiger partial charge is 0.491 e. The van der Waals surface area contributed by atoms with Crippen LogP contribution >= 0.6 is 23.2 Å². The molecule has 2 aromatic rings. The number of hydrogen-bond donors (Lipinski definition) is 1. The van der Waals surface area contributed by atoms with Gasteiger partial charge >= 0.3 is 0 Å². The van der Waals surface area contributed by atoms with Crippen molar-refractivity contribution in [2.45, 2.75) is 23.4 Å². The minimum Gasteiger partial charge on any atom is -0.491 e. The Morgan fingerprint density at radius 1 is 1.25 bits per heavy atom. The molecule has 148 valence electrons. The van der Waals surface area contributed by atoms with Crippen LogP contribution in [0.1, 0.15) is 6.42 Å². The second-order valence-electron chi connectivity index (χ2n) is 6.30. The zero-order chi connectivity index (χ0) is 20.3. The van der Waals surface area contributed by atoms with Crippen molar-refractivity contribution in [1.82, 2.24) is 9.62 Å². The molecule has 0 saturated carbocycles. The lowest BCUT2D eigenvalue weighted by Gasteiger charge is -2.18. The summed E-state index contributed by atoms with van der Waals surface area (Å²) in [7, 11) is -3.91. The maximum absolute atomic E-state index is 13.0. The van der Waals surface area contributed by atoms with Crippen LogP contribution in [0.25, 0.3) is 0 Å². The Labute approximate surface area is 172 Å². The van der Waals surface area contributed by atoms with Crippen molar-refractivity contribution >= 4 is 33.2 Å². The monoisotopic (exact) mass is 443 g/mol. The molecule has 3 rings (SSSR count). The van der Waals surface area contributed by atoms with Crippen molar-refractivity contribution in [2.24, 2.45) is 0 Å². The fraction of sp³-hybridized carbons (Fsp3) is 0.278. The van der Waals surface area contributed by atoms with Gasteiger partial charge in [0.25, 0.3) is 0 Å². The van der Waals surface area contributed by atoms with Crippen LogP contribution < -0.4 is 9.46 Å². The molecule has 1 saturated heterocycles. The zero-order valence-corrected chi connectivity index (χ0v) is 16.8. The highest BCUT2D eigenvalue weighted by molar-refractivity contribution is 7.89. The van der Waals surface area contributed by atoms with Crippen LogP contribution in [0.15, 0.2) is 47.4 Å². The van der Waals surface area contributed by atoms with Gasteiger partial charge in [0.2, 0.25) is 10.0 Å². The van der Waals surface area contributed by atoms with E-state index in [1.54, 1.807) is 0 Å². The Morgan fingerprint density at radius 2 is 1.96 bits per heavy atom. The lowest BCUT2D eigenvalue weighted by Crippen LogP contribution is -2.36. The standard InChI is InChI=1S/C18H16Cl2FN3O3S/c19-12-1-6-17(20)18(7-12)28(25,26)23-14-8-15(24(9-14)11-22)10-27-16-4-2-13(21)3-5-16/h1-7,14-15,23H,8-10H2. The van der Waals surface area contributed by atoms with Crippen molar-refractivity contribution in [3.8, 4) is 11.9 Å². The Kier molecular flexibility index (Phi) is 6.30. The third-order valence-electron chi connectivity index (χ3n) is 4.30. The second-order valence-corrected chi connectivity index (χ2v) is 8.83. The molecule has 28 heavy (non-hydrogen) atoms. The summed E-state index contributed by atoms with van der Waals surface area (Å²) in [5.41, 5.74) is 0. The predicted molar refractivity (Wildman–Crippen MR) is 103 cm³/mol. The van der Waals surface area contributed by atoms with Crippen LogP contribution in [-0.4, -0.2) is 38.6 Å². The van der Waals surface area contributed by atoms with Crippen LogP contribution in [0, 0.1) is 17.3 Å². The van der Waals surface area contributed by atoms with Gasteiger partial charge in [-0.3, -0.25) is 0 Å². The molecule has 2 unspecified atom stereocenters. The van der Waals surface area contributed by atoms with Gasteiger partial charge in [-0.05, 0) is 48.9 Å². The van der Waals surface area contributed by atoms with E-state index in [1.807, 2.05) is 6.19 Å². The molecule has 2 atom stereocenters. The number of nitriles is 1. The van der Waals surface area contributed by atoms with Gasteiger partial charge < -0.3 is 9.64 Å². The normalized spacial score (nSPS) is 19.4. The first kappa shape index (κ1) is 20.7. The first-order chi connectivity index (χ1) is 13.3. The fourth-order valence-corrected chi connectivity index (χ4v) is 4.97. The zero-order valence-electron chi connectivity index (χ0n) is 14.5. The summed E-state index contributed by atoms with van der Waals surface area (Å²) in [6.07, 6.45) is 2.41. The molecular formula is C18H16Cl2FN3O3S. The first-order valence-corrected chi connectivity index (χ1v) is 10.5. The van der Waals surface area contributed by atoms with Gasteiger partial charge in [-0.1, -0.05) is 23.2 Å². The summed E-state index contributed by atoms with van der Waals surface area (Å²) >= 11 is 11.9. The number of rotatable bonds is 6. The lowest BCUT2D eigenvalue weighted by molar-refractivity contribution is 0.219. The van der Waals surface area contributed by atoms with E-state index < -0.39 is 16.1 Å². The smallest absolute Gasteiger partial charge is 0.242 e. The van der Waals surface area contributed by atoms with Crippen molar-refractivity contribution in [2.75, 3.05) is 13.2 Å². The highest BCUT2D eigenvalue weighted by Gasteiger charge is 2.35. The number of likely N-dealkylation sites (tertiary alicyclic amines) is 1. The molecule has 1 N–H and O–H groups in total. The number of benzene rings is 2. The number of hydrogen-bond acceptors (Lipinski definition) is 5. The molecule has 0 aliphatic carbocycles. The van der Waals surface area contributed by atoms with Gasteiger partial charge in [0.05, 0.1) is 11.1 Å². The topological polar surface area (TPSA) is 82.4 Å². The fourth-order valence-electron chi connectivity index (χ4n) is 2.97. The average Bonchev–Trinajstić information content (AvgIpc) is 3.04. The summed E-state index contributed by atoms with van der Waals surface area (Å²) in [6.45, 7) is 0.362. The van der Waals surface area contributed by atoms with Gasteiger partial charge in [0.1, 0.15) is 23.1 Å². The average molecular weight is 444 g/mol. The molecule has 0 radical (unpaired) electrons. The Bertz CT molecular complexity index is 996. The third-order valence-corrected chi connectivity index (χ3v) is 6.54. The van der Waals surface area contributed by atoms with E-state index in [2.05, 4.69) is 4.72 Å². The molecule has 1 heterocycles. The van der Waals surface area contributed by atoms with E-state index in [1.165, 1.54) is 47.4 Å². The number of nitrogens with zero attached hydrogens (tertiary/aromatic N) is 2. The van der Waals surface area contributed by atoms with Gasteiger partial charge in [-0.25, -0.2) is 17.5 Å². The molecule has 0 aromatic heterocycles. The third kappa shape index (κ3) is 4.86. The summed E-state index contributed by atoms with van der Waals surface area (Å²) in [5.74, 6) is 0.0926. The predicted octanol–water partition coefficient (Wildman–Crippen LogP) is 3.41. The van der Waals surface area contributed by atoms with E-state index in [0.29, 0.717) is 12.2 Å². The Morgan fingerprint density at radius 3 is 2.64 bits per heavy atom. The highest BCUT2D eigenvalue weighted by Crippen LogP contribution is 2.27. The number of halogens is 3. The molecule has 2 aromatic carbocycles. The van der Waals surface area contributed by atoms with Gasteiger partial charge in [-0.2, -0.15) is 5.26 Å². The van der Waals surface area contributed by atoms with Crippen molar-refractivity contribution < 1.29 is 17.5 Å². The van der Waals surface area contributed by atoms with E-state index in [4.69, 9.17) is 27.9 Å². The van der Waals surface area contributed by atoms with E-state index >= 15 is 0 Å². The molecule has 1 aliphatic heterocycles. The summed E-state index contributed by atoms with van der Waals surface area (Å²) in [5, 5.41) is 9.65. The first-order valence-electron chi connectivity index (χ1n) is 8.30. The minimum absolute atomic E-state index is 0.0585. The second kappa shape index (κ2) is 8.53. The highest BCUT2D eigenvalue weighted by atomic mass is 35.5. The van der Waals surface area contributed by atoms with E-state index in [9.17, 15) is 18.1 Å². The molecule has 10 heteroatoms. The maximum Gasteiger partial charge on any atom is 0.242 e. The van der Waals surface area contributed by atoms with E-state index in [-0.39, 0.29) is 40.0 Å². The molecule has 0 amide bonds. The quantitative estimate of drug-likeness (QED) is 0.691. The molecular weight excluding hydrogens is 428 g/mol. The number of ether oxygens (including phenoxy) is 1. The molecule has 1 aliphatic rings. The lowest BCUT2D eigenvalue weighted by atomic mass is 10.2. The Balaban J connectivity index is 1.66. The molecule has 1 fully saturated rings. The van der Waals surface area contributed by atoms with Gasteiger partial charge in [0, 0.05) is 17.6 Å². The Hall–Kier alpha value is -2.05. The van der Waals surface area contributed by atoms with Crippen molar-refractivity contribution in [3.05, 3.63) is 58.3 Å². The molecule has 0 bridgehead atoms. The van der Waals surface area contributed by atoms with Crippen molar-refractivity contribution in [1.29, 1.82) is 5.26 Å². The molecule has 0 spiro atoms. The van der Waals surface area contributed by atoms with Crippen LogP contribution in [0.3, 0.4) is 0 Å². The van der Waals surface area contributed by atoms with Gasteiger partial charge in [-0.15, -0.1) is 0 Å². The van der Waals surface area contributed by atoms with E-state index in [0.717, 1.165) is 0 Å². The minimum atomic E-state index is -3.91. The number of nitrogens with one attached hydrogen (secondary N) is 1. The maximum atomic E-state index is 13.0. The van der Waals surface area contributed by atoms with Crippen LogP contribution in [-0.2, 0) is 10.0 Å². The van der Waals surface area contributed by atoms with Gasteiger partial charge in [0.15, 0.2) is 6.19 Å².